The van der Waals surface area contributed by atoms with Gasteiger partial charge in [0, 0.05) is 6.42 Å². The normalized spacial score (nSPS) is 15.7. The highest BCUT2D eigenvalue weighted by atomic mass is 35.5. The number of amides is 1. The lowest BCUT2D eigenvalue weighted by molar-refractivity contribution is -0.122. The van der Waals surface area contributed by atoms with Gasteiger partial charge in [0.05, 0.1) is 6.04 Å². The van der Waals surface area contributed by atoms with E-state index in [1.807, 2.05) is 7.05 Å². The van der Waals surface area contributed by atoms with Crippen molar-refractivity contribution in [3.8, 4) is 0 Å². The molecular formula is C16H24ClFN2O. The van der Waals surface area contributed by atoms with Gasteiger partial charge in [-0.1, -0.05) is 18.6 Å². The van der Waals surface area contributed by atoms with Gasteiger partial charge in [-0.25, -0.2) is 4.39 Å². The third-order valence-electron chi connectivity index (χ3n) is 4.00. The molecule has 2 rings (SSSR count). The number of hydrogen-bond acceptors (Lipinski definition) is 2. The fraction of sp³-hybridized carbons (Fsp3) is 0.562. The Morgan fingerprint density at radius 1 is 1.33 bits per heavy atom. The van der Waals surface area contributed by atoms with Gasteiger partial charge in [0.15, 0.2) is 0 Å². The van der Waals surface area contributed by atoms with Crippen LogP contribution in [0.4, 0.5) is 4.39 Å². The van der Waals surface area contributed by atoms with Gasteiger partial charge in [-0.05, 0) is 56.5 Å². The molecule has 1 unspecified atom stereocenters. The molecule has 3 nitrogen and oxygen atoms in total. The molecule has 1 aliphatic carbocycles. The standard InChI is InChI=1S/C16H23FN2O.ClH/c1-18-11-3-6-15(20)19-16(12-4-2-5-12)13-7-9-14(17)10-8-13;/h7-10,12,16,18H,2-6,11H2,1H3,(H,19,20);1H. The van der Waals surface area contributed by atoms with E-state index >= 15 is 0 Å². The summed E-state index contributed by atoms with van der Waals surface area (Å²) in [5.74, 6) is 0.344. The van der Waals surface area contributed by atoms with Crippen LogP contribution in [0.3, 0.4) is 0 Å². The summed E-state index contributed by atoms with van der Waals surface area (Å²) < 4.78 is 13.0. The van der Waals surface area contributed by atoms with Crippen LogP contribution in [0.1, 0.15) is 43.7 Å². The first-order chi connectivity index (χ1) is 9.70. The summed E-state index contributed by atoms with van der Waals surface area (Å²) in [6, 6.07) is 6.53. The summed E-state index contributed by atoms with van der Waals surface area (Å²) >= 11 is 0. The number of hydrogen-bond donors (Lipinski definition) is 2. The molecule has 2 N–H and O–H groups in total. The molecule has 1 aromatic rings. The maximum absolute atomic E-state index is 13.0. The van der Waals surface area contributed by atoms with Crippen LogP contribution in [0.15, 0.2) is 24.3 Å². The molecule has 0 saturated heterocycles. The number of nitrogens with one attached hydrogen (secondary N) is 2. The molecule has 1 amide bonds. The van der Waals surface area contributed by atoms with E-state index in [1.165, 1.54) is 18.6 Å². The first-order valence-electron chi connectivity index (χ1n) is 7.40. The zero-order valence-electron chi connectivity index (χ0n) is 12.4. The summed E-state index contributed by atoms with van der Waals surface area (Å²) in [5.41, 5.74) is 1.01. The van der Waals surface area contributed by atoms with Crippen LogP contribution < -0.4 is 10.6 Å². The minimum absolute atomic E-state index is 0. The Labute approximate surface area is 132 Å². The second kappa shape index (κ2) is 9.00. The summed E-state index contributed by atoms with van der Waals surface area (Å²) in [4.78, 5) is 12.0. The van der Waals surface area contributed by atoms with Crippen molar-refractivity contribution in [2.24, 2.45) is 5.92 Å². The molecule has 118 valence electrons. The SMILES string of the molecule is CNCCCC(=O)NC(c1ccc(F)cc1)C1CCC1.Cl. The van der Waals surface area contributed by atoms with E-state index in [4.69, 9.17) is 0 Å². The van der Waals surface area contributed by atoms with E-state index in [2.05, 4.69) is 10.6 Å². The van der Waals surface area contributed by atoms with E-state index in [0.29, 0.717) is 12.3 Å². The molecular weight excluding hydrogens is 291 g/mol. The van der Waals surface area contributed by atoms with Crippen molar-refractivity contribution in [1.82, 2.24) is 10.6 Å². The highest BCUT2D eigenvalue weighted by Gasteiger charge is 2.29. The van der Waals surface area contributed by atoms with Crippen molar-refractivity contribution in [2.45, 2.75) is 38.1 Å². The third kappa shape index (κ3) is 5.29. The van der Waals surface area contributed by atoms with E-state index in [0.717, 1.165) is 31.4 Å². The fourth-order valence-electron chi connectivity index (χ4n) is 2.59. The van der Waals surface area contributed by atoms with E-state index < -0.39 is 0 Å². The largest absolute Gasteiger partial charge is 0.349 e. The minimum Gasteiger partial charge on any atom is -0.349 e. The van der Waals surface area contributed by atoms with Crippen molar-refractivity contribution < 1.29 is 9.18 Å². The first-order valence-corrected chi connectivity index (χ1v) is 7.40. The van der Waals surface area contributed by atoms with E-state index in [9.17, 15) is 9.18 Å². The molecule has 1 aromatic carbocycles. The molecule has 1 fully saturated rings. The second-order valence-electron chi connectivity index (χ2n) is 5.49. The van der Waals surface area contributed by atoms with Gasteiger partial charge in [-0.3, -0.25) is 4.79 Å². The molecule has 5 heteroatoms. The van der Waals surface area contributed by atoms with Crippen molar-refractivity contribution in [1.29, 1.82) is 0 Å². The Kier molecular flexibility index (Phi) is 7.68. The zero-order chi connectivity index (χ0) is 14.4. The second-order valence-corrected chi connectivity index (χ2v) is 5.49. The average molecular weight is 315 g/mol. The quantitative estimate of drug-likeness (QED) is 0.759. The maximum Gasteiger partial charge on any atom is 0.220 e. The van der Waals surface area contributed by atoms with E-state index in [1.54, 1.807) is 12.1 Å². The summed E-state index contributed by atoms with van der Waals surface area (Å²) in [6.45, 7) is 0.845. The van der Waals surface area contributed by atoms with Gasteiger partial charge in [0.25, 0.3) is 0 Å². The minimum atomic E-state index is -0.235. The smallest absolute Gasteiger partial charge is 0.220 e. The zero-order valence-corrected chi connectivity index (χ0v) is 13.2. The molecule has 0 heterocycles. The number of carbonyl (C=O) groups is 1. The summed E-state index contributed by atoms with van der Waals surface area (Å²) in [6.07, 6.45) is 4.87. The van der Waals surface area contributed by atoms with E-state index in [-0.39, 0.29) is 30.2 Å². The van der Waals surface area contributed by atoms with Crippen LogP contribution in [0, 0.1) is 11.7 Å². The summed E-state index contributed by atoms with van der Waals surface area (Å²) in [5, 5.41) is 6.16. The van der Waals surface area contributed by atoms with Crippen LogP contribution in [0.5, 0.6) is 0 Å². The topological polar surface area (TPSA) is 41.1 Å². The molecule has 1 saturated carbocycles. The van der Waals surface area contributed by atoms with Crippen molar-refractivity contribution in [3.63, 3.8) is 0 Å². The molecule has 1 aliphatic rings. The van der Waals surface area contributed by atoms with Gasteiger partial charge in [0.1, 0.15) is 5.82 Å². The van der Waals surface area contributed by atoms with Crippen molar-refractivity contribution in [3.05, 3.63) is 35.6 Å². The molecule has 0 radical (unpaired) electrons. The highest BCUT2D eigenvalue weighted by molar-refractivity contribution is 5.85. The van der Waals surface area contributed by atoms with Crippen LogP contribution in [-0.4, -0.2) is 19.5 Å². The monoisotopic (exact) mass is 314 g/mol. The maximum atomic E-state index is 13.0. The van der Waals surface area contributed by atoms with Gasteiger partial charge in [0.2, 0.25) is 5.91 Å². The lowest BCUT2D eigenvalue weighted by Gasteiger charge is -2.34. The van der Waals surface area contributed by atoms with Crippen LogP contribution in [0.2, 0.25) is 0 Å². The average Bonchev–Trinajstić information content (AvgIpc) is 2.37. The van der Waals surface area contributed by atoms with Crippen LogP contribution in [0.25, 0.3) is 0 Å². The van der Waals surface area contributed by atoms with Crippen LogP contribution >= 0.6 is 12.4 Å². The Bertz CT molecular complexity index is 434. The number of carbonyl (C=O) groups excluding carboxylic acids is 1. The summed E-state index contributed by atoms with van der Waals surface area (Å²) in [7, 11) is 1.88. The Morgan fingerprint density at radius 3 is 2.52 bits per heavy atom. The Hall–Kier alpha value is -1.13. The lowest BCUT2D eigenvalue weighted by atomic mass is 9.77. The van der Waals surface area contributed by atoms with Gasteiger partial charge < -0.3 is 10.6 Å². The molecule has 0 aromatic heterocycles. The first kappa shape index (κ1) is 17.9. The Morgan fingerprint density at radius 2 is 2.00 bits per heavy atom. The predicted octanol–water partition coefficient (Wildman–Crippen LogP) is 3.20. The predicted molar refractivity (Wildman–Crippen MR) is 85.0 cm³/mol. The van der Waals surface area contributed by atoms with Crippen molar-refractivity contribution in [2.75, 3.05) is 13.6 Å². The van der Waals surface area contributed by atoms with Gasteiger partial charge in [-0.15, -0.1) is 12.4 Å². The number of rotatable bonds is 7. The number of halogens is 2. The molecule has 21 heavy (non-hydrogen) atoms. The molecule has 0 spiro atoms. The van der Waals surface area contributed by atoms with Gasteiger partial charge >= 0.3 is 0 Å². The van der Waals surface area contributed by atoms with Crippen molar-refractivity contribution >= 4 is 18.3 Å². The lowest BCUT2D eigenvalue weighted by Crippen LogP contribution is -2.36. The number of benzene rings is 1. The van der Waals surface area contributed by atoms with Gasteiger partial charge in [-0.2, -0.15) is 0 Å². The Balaban J connectivity index is 0.00000220. The molecule has 1 atom stereocenters. The highest BCUT2D eigenvalue weighted by Crippen LogP contribution is 2.37. The third-order valence-corrected chi connectivity index (χ3v) is 4.00. The molecule has 0 bridgehead atoms. The fourth-order valence-corrected chi connectivity index (χ4v) is 2.59. The van der Waals surface area contributed by atoms with Crippen LogP contribution in [-0.2, 0) is 4.79 Å². The molecule has 0 aliphatic heterocycles.